The van der Waals surface area contributed by atoms with E-state index in [9.17, 15) is 0 Å². The fraction of sp³-hybridized carbons (Fsp3) is 0.455. The molecular weight excluding hydrogens is 176 g/mol. The van der Waals surface area contributed by atoms with Crippen molar-refractivity contribution in [2.45, 2.75) is 26.3 Å². The van der Waals surface area contributed by atoms with Gasteiger partial charge >= 0.3 is 0 Å². The van der Waals surface area contributed by atoms with E-state index in [4.69, 9.17) is 10.8 Å². The maximum atomic E-state index is 9.02. The Kier molecular flexibility index (Phi) is 3.77. The fourth-order valence-corrected chi connectivity index (χ4v) is 1.28. The Balaban J connectivity index is 2.72. The van der Waals surface area contributed by atoms with Crippen molar-refractivity contribution in [3.8, 4) is 0 Å². The van der Waals surface area contributed by atoms with Gasteiger partial charge in [0.25, 0.3) is 0 Å². The molecule has 3 nitrogen and oxygen atoms in total. The normalized spacial score (nSPS) is 12.5. The number of aliphatic hydroxyl groups is 1. The van der Waals surface area contributed by atoms with Crippen molar-refractivity contribution in [3.63, 3.8) is 0 Å². The molecule has 0 heterocycles. The molecule has 1 aromatic rings. The zero-order chi connectivity index (χ0) is 10.6. The third-order valence-corrected chi connectivity index (χ3v) is 2.35. The van der Waals surface area contributed by atoms with Crippen LogP contribution in [0.4, 0.5) is 11.4 Å². The van der Waals surface area contributed by atoms with Crippen LogP contribution in [-0.4, -0.2) is 17.8 Å². The van der Waals surface area contributed by atoms with Crippen LogP contribution in [-0.2, 0) is 0 Å². The Bertz CT molecular complexity index is 295. The van der Waals surface area contributed by atoms with Gasteiger partial charge in [-0.15, -0.1) is 0 Å². The van der Waals surface area contributed by atoms with Crippen molar-refractivity contribution in [1.82, 2.24) is 0 Å². The Hall–Kier alpha value is -1.22. The van der Waals surface area contributed by atoms with Gasteiger partial charge in [0.15, 0.2) is 0 Å². The monoisotopic (exact) mass is 194 g/mol. The summed E-state index contributed by atoms with van der Waals surface area (Å²) in [6, 6.07) is 5.92. The lowest BCUT2D eigenvalue weighted by Gasteiger charge is -2.16. The van der Waals surface area contributed by atoms with Gasteiger partial charge in [-0.1, -0.05) is 6.92 Å². The number of nitrogens with one attached hydrogen (secondary N) is 1. The first-order chi connectivity index (χ1) is 6.67. The van der Waals surface area contributed by atoms with Gasteiger partial charge in [0.2, 0.25) is 0 Å². The van der Waals surface area contributed by atoms with E-state index in [0.29, 0.717) is 0 Å². The van der Waals surface area contributed by atoms with E-state index in [2.05, 4.69) is 5.32 Å². The molecule has 0 amide bonds. The standard InChI is InChI=1S/C11H18N2O/c1-3-9(7-14)13-10-4-5-11(12)8(2)6-10/h4-6,9,13-14H,3,7,12H2,1-2H3. The van der Waals surface area contributed by atoms with Crippen LogP contribution < -0.4 is 11.1 Å². The van der Waals surface area contributed by atoms with Crippen molar-refractivity contribution in [2.24, 2.45) is 0 Å². The number of benzene rings is 1. The second kappa shape index (κ2) is 4.86. The SMILES string of the molecule is CCC(CO)Nc1ccc(N)c(C)c1. The molecule has 1 atom stereocenters. The zero-order valence-electron chi connectivity index (χ0n) is 8.75. The molecule has 0 spiro atoms. The first-order valence-electron chi connectivity index (χ1n) is 4.91. The van der Waals surface area contributed by atoms with Gasteiger partial charge in [0.05, 0.1) is 6.61 Å². The largest absolute Gasteiger partial charge is 0.399 e. The van der Waals surface area contributed by atoms with E-state index in [0.717, 1.165) is 23.4 Å². The van der Waals surface area contributed by atoms with E-state index in [-0.39, 0.29) is 12.6 Å². The summed E-state index contributed by atoms with van der Waals surface area (Å²) in [5.74, 6) is 0. The average molecular weight is 194 g/mol. The number of nitrogen functional groups attached to an aromatic ring is 1. The highest BCUT2D eigenvalue weighted by Gasteiger charge is 2.04. The number of aryl methyl sites for hydroxylation is 1. The van der Waals surface area contributed by atoms with E-state index in [1.54, 1.807) is 0 Å². The van der Waals surface area contributed by atoms with Crippen LogP contribution in [0.2, 0.25) is 0 Å². The van der Waals surface area contributed by atoms with Crippen LogP contribution in [0, 0.1) is 6.92 Å². The summed E-state index contributed by atoms with van der Waals surface area (Å²) in [4.78, 5) is 0. The molecule has 4 N–H and O–H groups in total. The Morgan fingerprint density at radius 3 is 2.71 bits per heavy atom. The molecule has 78 valence electrons. The lowest BCUT2D eigenvalue weighted by Crippen LogP contribution is -2.22. The van der Waals surface area contributed by atoms with Gasteiger partial charge in [0.1, 0.15) is 0 Å². The molecule has 0 aliphatic carbocycles. The molecule has 0 radical (unpaired) electrons. The van der Waals surface area contributed by atoms with Crippen molar-refractivity contribution < 1.29 is 5.11 Å². The van der Waals surface area contributed by atoms with Crippen molar-refractivity contribution >= 4 is 11.4 Å². The summed E-state index contributed by atoms with van der Waals surface area (Å²) in [6.07, 6.45) is 0.903. The summed E-state index contributed by atoms with van der Waals surface area (Å²) in [5.41, 5.74) is 8.58. The number of nitrogens with two attached hydrogens (primary N) is 1. The van der Waals surface area contributed by atoms with E-state index in [1.807, 2.05) is 32.0 Å². The molecular formula is C11H18N2O. The van der Waals surface area contributed by atoms with Crippen molar-refractivity contribution in [3.05, 3.63) is 23.8 Å². The zero-order valence-corrected chi connectivity index (χ0v) is 8.75. The Morgan fingerprint density at radius 2 is 2.21 bits per heavy atom. The minimum absolute atomic E-state index is 0.123. The molecule has 0 aliphatic heterocycles. The second-order valence-electron chi connectivity index (χ2n) is 3.50. The molecule has 0 aromatic heterocycles. The fourth-order valence-electron chi connectivity index (χ4n) is 1.28. The molecule has 0 bridgehead atoms. The number of rotatable bonds is 4. The third kappa shape index (κ3) is 2.64. The number of aliphatic hydroxyl groups excluding tert-OH is 1. The van der Waals surface area contributed by atoms with Crippen LogP contribution in [0.3, 0.4) is 0 Å². The summed E-state index contributed by atoms with van der Waals surface area (Å²) in [5, 5.41) is 12.3. The highest BCUT2D eigenvalue weighted by Crippen LogP contribution is 2.17. The first kappa shape index (κ1) is 10.9. The number of anilines is 2. The van der Waals surface area contributed by atoms with E-state index < -0.39 is 0 Å². The molecule has 0 aliphatic rings. The molecule has 1 rings (SSSR count). The van der Waals surface area contributed by atoms with Crippen LogP contribution in [0.25, 0.3) is 0 Å². The lowest BCUT2D eigenvalue weighted by atomic mass is 10.1. The van der Waals surface area contributed by atoms with E-state index >= 15 is 0 Å². The summed E-state index contributed by atoms with van der Waals surface area (Å²) < 4.78 is 0. The maximum Gasteiger partial charge on any atom is 0.0632 e. The van der Waals surface area contributed by atoms with Crippen LogP contribution in [0.15, 0.2) is 18.2 Å². The minimum atomic E-state index is 0.123. The average Bonchev–Trinajstić information content (AvgIpc) is 2.19. The summed E-state index contributed by atoms with van der Waals surface area (Å²) in [7, 11) is 0. The molecule has 1 aromatic carbocycles. The van der Waals surface area contributed by atoms with Gasteiger partial charge in [0, 0.05) is 17.4 Å². The summed E-state index contributed by atoms with van der Waals surface area (Å²) in [6.45, 7) is 4.17. The number of hydrogen-bond acceptors (Lipinski definition) is 3. The van der Waals surface area contributed by atoms with Gasteiger partial charge in [-0.25, -0.2) is 0 Å². The minimum Gasteiger partial charge on any atom is -0.399 e. The van der Waals surface area contributed by atoms with Gasteiger partial charge in [-0.3, -0.25) is 0 Å². The molecule has 3 heteroatoms. The molecule has 0 saturated carbocycles. The van der Waals surface area contributed by atoms with Gasteiger partial charge in [-0.2, -0.15) is 0 Å². The van der Waals surface area contributed by atoms with Crippen LogP contribution in [0.1, 0.15) is 18.9 Å². The van der Waals surface area contributed by atoms with Crippen molar-refractivity contribution in [2.75, 3.05) is 17.7 Å². The summed E-state index contributed by atoms with van der Waals surface area (Å²) >= 11 is 0. The van der Waals surface area contributed by atoms with Crippen LogP contribution in [0.5, 0.6) is 0 Å². The molecule has 0 fully saturated rings. The predicted molar refractivity (Wildman–Crippen MR) is 60.4 cm³/mol. The maximum absolute atomic E-state index is 9.02. The molecule has 1 unspecified atom stereocenters. The lowest BCUT2D eigenvalue weighted by molar-refractivity contribution is 0.272. The Morgan fingerprint density at radius 1 is 1.50 bits per heavy atom. The van der Waals surface area contributed by atoms with Crippen molar-refractivity contribution in [1.29, 1.82) is 0 Å². The highest BCUT2D eigenvalue weighted by atomic mass is 16.3. The molecule has 0 saturated heterocycles. The highest BCUT2D eigenvalue weighted by molar-refractivity contribution is 5.56. The van der Waals surface area contributed by atoms with Gasteiger partial charge in [-0.05, 0) is 37.1 Å². The quantitative estimate of drug-likeness (QED) is 0.640. The smallest absolute Gasteiger partial charge is 0.0632 e. The second-order valence-corrected chi connectivity index (χ2v) is 3.50. The Labute approximate surface area is 84.9 Å². The number of hydrogen-bond donors (Lipinski definition) is 3. The van der Waals surface area contributed by atoms with Gasteiger partial charge < -0.3 is 16.2 Å². The topological polar surface area (TPSA) is 58.3 Å². The van der Waals surface area contributed by atoms with Crippen LogP contribution >= 0.6 is 0 Å². The first-order valence-corrected chi connectivity index (χ1v) is 4.91. The van der Waals surface area contributed by atoms with E-state index in [1.165, 1.54) is 0 Å². The third-order valence-electron chi connectivity index (χ3n) is 2.35. The molecule has 14 heavy (non-hydrogen) atoms. The predicted octanol–water partition coefficient (Wildman–Crippen LogP) is 1.76.